The molecule has 3 aromatic rings. The van der Waals surface area contributed by atoms with Gasteiger partial charge >= 0.3 is 0 Å². The maximum atomic E-state index is 13.9. The lowest BCUT2D eigenvalue weighted by atomic mass is 9.95. The molecule has 1 aromatic heterocycles. The quantitative estimate of drug-likeness (QED) is 0.424. The average molecular weight is 475 g/mol. The van der Waals surface area contributed by atoms with E-state index in [4.69, 9.17) is 13.9 Å². The zero-order valence-corrected chi connectivity index (χ0v) is 20.6. The van der Waals surface area contributed by atoms with Gasteiger partial charge in [0, 0.05) is 25.2 Å². The number of carbonyl (C=O) groups is 1. The Labute approximate surface area is 206 Å². The highest BCUT2D eigenvalue weighted by atomic mass is 16.5. The van der Waals surface area contributed by atoms with E-state index >= 15 is 0 Å². The molecule has 0 spiro atoms. The second-order valence-corrected chi connectivity index (χ2v) is 9.77. The van der Waals surface area contributed by atoms with Crippen molar-refractivity contribution in [3.8, 4) is 11.5 Å². The lowest BCUT2D eigenvalue weighted by molar-refractivity contribution is 0.0401. The van der Waals surface area contributed by atoms with Gasteiger partial charge in [-0.2, -0.15) is 0 Å². The van der Waals surface area contributed by atoms with Crippen LogP contribution in [-0.4, -0.2) is 43.2 Å². The zero-order valence-electron chi connectivity index (χ0n) is 20.6. The lowest BCUT2D eigenvalue weighted by Gasteiger charge is -2.39. The Balaban J connectivity index is 1.40. The van der Waals surface area contributed by atoms with Crippen molar-refractivity contribution in [1.82, 2.24) is 10.2 Å². The molecule has 5 rings (SSSR count). The number of allylic oxidation sites excluding steroid dienone is 1. The van der Waals surface area contributed by atoms with E-state index < -0.39 is 5.54 Å². The molecule has 0 saturated carbocycles. The first kappa shape index (κ1) is 23.5. The number of ether oxygens (including phenoxy) is 2. The Kier molecular flexibility index (Phi) is 6.82. The van der Waals surface area contributed by atoms with Crippen LogP contribution in [0, 0.1) is 0 Å². The number of rotatable bonds is 8. The molecule has 35 heavy (non-hydrogen) atoms. The van der Waals surface area contributed by atoms with Gasteiger partial charge in [-0.05, 0) is 57.2 Å². The number of carbonyl (C=O) groups excluding carboxylic acids is 1. The Bertz CT molecular complexity index is 1230. The van der Waals surface area contributed by atoms with Crippen molar-refractivity contribution in [3.05, 3.63) is 71.5 Å². The molecule has 1 aliphatic heterocycles. The number of para-hydroxylation sites is 2. The summed E-state index contributed by atoms with van der Waals surface area (Å²) in [6.07, 6.45) is 7.98. The van der Waals surface area contributed by atoms with Crippen molar-refractivity contribution in [2.24, 2.45) is 0 Å². The highest BCUT2D eigenvalue weighted by Crippen LogP contribution is 2.38. The van der Waals surface area contributed by atoms with E-state index in [1.54, 1.807) is 7.11 Å². The summed E-state index contributed by atoms with van der Waals surface area (Å²) >= 11 is 0. The van der Waals surface area contributed by atoms with Gasteiger partial charge in [-0.15, -0.1) is 0 Å². The van der Waals surface area contributed by atoms with Crippen molar-refractivity contribution < 1.29 is 18.7 Å². The molecule has 1 aliphatic carbocycles. The standard InChI is InChI=1S/C29H34N2O4/c1-29(19-30-18-22-12-6-8-14-24(22)33-2)20-34-26-23-13-7-9-15-25(23)35-27(26)28(32)31(29)17-16-21-10-4-3-5-11-21/h6-10,12-15,30H,3-5,11,16-20H2,1-2H3. The molecule has 184 valence electrons. The average Bonchev–Trinajstić information content (AvgIpc) is 3.23. The van der Waals surface area contributed by atoms with Gasteiger partial charge in [-0.1, -0.05) is 42.0 Å². The molecule has 1 unspecified atom stereocenters. The minimum absolute atomic E-state index is 0.105. The van der Waals surface area contributed by atoms with Crippen LogP contribution >= 0.6 is 0 Å². The van der Waals surface area contributed by atoms with Crippen molar-refractivity contribution >= 4 is 16.9 Å². The molecule has 1 atom stereocenters. The van der Waals surface area contributed by atoms with Crippen LogP contribution in [-0.2, 0) is 6.54 Å². The molecule has 0 fully saturated rings. The molecule has 0 radical (unpaired) electrons. The number of methoxy groups -OCH3 is 1. The highest BCUT2D eigenvalue weighted by molar-refractivity contribution is 6.02. The number of hydrogen-bond acceptors (Lipinski definition) is 5. The molecule has 2 heterocycles. The van der Waals surface area contributed by atoms with E-state index in [1.165, 1.54) is 18.4 Å². The molecule has 0 saturated heterocycles. The van der Waals surface area contributed by atoms with E-state index in [2.05, 4.69) is 24.4 Å². The number of benzene rings is 2. The van der Waals surface area contributed by atoms with E-state index in [0.717, 1.165) is 36.0 Å². The van der Waals surface area contributed by atoms with Crippen LogP contribution in [0.15, 0.2) is 64.6 Å². The molecule has 6 heteroatoms. The topological polar surface area (TPSA) is 63.9 Å². The Morgan fingerprint density at radius 1 is 1.11 bits per heavy atom. The van der Waals surface area contributed by atoms with Gasteiger partial charge in [0.15, 0.2) is 5.75 Å². The summed E-state index contributed by atoms with van der Waals surface area (Å²) in [6, 6.07) is 15.7. The molecular weight excluding hydrogens is 440 g/mol. The molecule has 1 N–H and O–H groups in total. The monoisotopic (exact) mass is 474 g/mol. The van der Waals surface area contributed by atoms with Gasteiger partial charge in [-0.3, -0.25) is 4.79 Å². The van der Waals surface area contributed by atoms with Gasteiger partial charge in [0.25, 0.3) is 5.91 Å². The number of hydrogen-bond donors (Lipinski definition) is 1. The van der Waals surface area contributed by atoms with Crippen LogP contribution in [0.1, 0.15) is 55.1 Å². The number of amides is 1. The summed E-state index contributed by atoms with van der Waals surface area (Å²) in [5, 5.41) is 4.40. The number of nitrogens with zero attached hydrogens (tertiary/aromatic N) is 1. The van der Waals surface area contributed by atoms with Crippen LogP contribution in [0.25, 0.3) is 11.0 Å². The minimum atomic E-state index is -0.545. The van der Waals surface area contributed by atoms with Crippen LogP contribution in [0.4, 0.5) is 0 Å². The third-order valence-corrected chi connectivity index (χ3v) is 7.22. The molecule has 2 aliphatic rings. The van der Waals surface area contributed by atoms with Crippen molar-refractivity contribution in [3.63, 3.8) is 0 Å². The summed E-state index contributed by atoms with van der Waals surface area (Å²) in [5.74, 6) is 1.61. The molecule has 1 amide bonds. The van der Waals surface area contributed by atoms with Crippen molar-refractivity contribution in [2.45, 2.75) is 51.1 Å². The second kappa shape index (κ2) is 10.2. The SMILES string of the molecule is COc1ccccc1CNCC1(C)COc2c(oc3ccccc23)C(=O)N1CCC1=CCCCC1. The Morgan fingerprint density at radius 2 is 1.94 bits per heavy atom. The first-order valence-corrected chi connectivity index (χ1v) is 12.6. The summed E-state index contributed by atoms with van der Waals surface area (Å²) < 4.78 is 17.9. The first-order valence-electron chi connectivity index (χ1n) is 12.6. The predicted octanol–water partition coefficient (Wildman–Crippen LogP) is 5.72. The minimum Gasteiger partial charge on any atom is -0.496 e. The third-order valence-electron chi connectivity index (χ3n) is 7.22. The molecule has 6 nitrogen and oxygen atoms in total. The summed E-state index contributed by atoms with van der Waals surface area (Å²) in [7, 11) is 1.69. The van der Waals surface area contributed by atoms with Gasteiger partial charge in [0.05, 0.1) is 18.0 Å². The van der Waals surface area contributed by atoms with Gasteiger partial charge in [0.1, 0.15) is 17.9 Å². The Hall–Kier alpha value is -3.25. The highest BCUT2D eigenvalue weighted by Gasteiger charge is 2.42. The fourth-order valence-electron chi connectivity index (χ4n) is 5.20. The predicted molar refractivity (Wildman–Crippen MR) is 137 cm³/mol. The fourth-order valence-corrected chi connectivity index (χ4v) is 5.20. The van der Waals surface area contributed by atoms with Gasteiger partial charge in [0.2, 0.25) is 5.76 Å². The molecule has 2 aromatic carbocycles. The fraction of sp³-hybridized carbons (Fsp3) is 0.414. The summed E-state index contributed by atoms with van der Waals surface area (Å²) in [6.45, 7) is 4.34. The molecular formula is C29H34N2O4. The summed E-state index contributed by atoms with van der Waals surface area (Å²) in [4.78, 5) is 15.9. The van der Waals surface area contributed by atoms with E-state index in [1.807, 2.05) is 47.4 Å². The van der Waals surface area contributed by atoms with Crippen LogP contribution in [0.3, 0.4) is 0 Å². The molecule has 0 bridgehead atoms. The van der Waals surface area contributed by atoms with E-state index in [0.29, 0.717) is 43.3 Å². The van der Waals surface area contributed by atoms with E-state index in [-0.39, 0.29) is 5.91 Å². The lowest BCUT2D eigenvalue weighted by Crippen LogP contribution is -2.57. The maximum absolute atomic E-state index is 13.9. The van der Waals surface area contributed by atoms with Gasteiger partial charge < -0.3 is 24.1 Å². The number of fused-ring (bicyclic) bond motifs is 3. The van der Waals surface area contributed by atoms with E-state index in [9.17, 15) is 4.79 Å². The zero-order chi connectivity index (χ0) is 24.3. The number of furan rings is 1. The second-order valence-electron chi connectivity index (χ2n) is 9.77. The normalized spacial score (nSPS) is 20.2. The smallest absolute Gasteiger partial charge is 0.294 e. The first-order chi connectivity index (χ1) is 17.1. The van der Waals surface area contributed by atoms with Crippen LogP contribution < -0.4 is 14.8 Å². The van der Waals surface area contributed by atoms with Crippen molar-refractivity contribution in [2.75, 3.05) is 26.8 Å². The number of nitrogens with one attached hydrogen (secondary N) is 1. The summed E-state index contributed by atoms with van der Waals surface area (Å²) in [5.41, 5.74) is 2.66. The van der Waals surface area contributed by atoms with Crippen molar-refractivity contribution in [1.29, 1.82) is 0 Å². The van der Waals surface area contributed by atoms with Crippen LogP contribution in [0.2, 0.25) is 0 Å². The van der Waals surface area contributed by atoms with Gasteiger partial charge in [-0.25, -0.2) is 0 Å². The Morgan fingerprint density at radius 3 is 2.77 bits per heavy atom. The third kappa shape index (κ3) is 4.80. The van der Waals surface area contributed by atoms with Crippen LogP contribution in [0.5, 0.6) is 11.5 Å². The maximum Gasteiger partial charge on any atom is 0.294 e. The largest absolute Gasteiger partial charge is 0.496 e.